The molecule has 1 heterocycles. The standard InChI is InChI=1S/C24H31N3O3/c1-5-14-27(16-18(2)28)17-22-23(19-10-7-6-8-11-19)25-26(3)24(22)30-21-13-9-12-20(15-21)29-4/h6-13,15,18,28H,5,14,16-17H2,1-4H3. The van der Waals surface area contributed by atoms with Gasteiger partial charge in [0.15, 0.2) is 0 Å². The van der Waals surface area contributed by atoms with Gasteiger partial charge in [0.2, 0.25) is 5.88 Å². The van der Waals surface area contributed by atoms with E-state index in [-0.39, 0.29) is 0 Å². The van der Waals surface area contributed by atoms with Crippen LogP contribution in [0.5, 0.6) is 17.4 Å². The first kappa shape index (κ1) is 21.9. The van der Waals surface area contributed by atoms with Gasteiger partial charge in [0, 0.05) is 31.8 Å². The maximum Gasteiger partial charge on any atom is 0.222 e. The SMILES string of the molecule is CCCN(Cc1c(-c2ccccc2)nn(C)c1Oc1cccc(OC)c1)CC(C)O. The number of rotatable bonds is 10. The lowest BCUT2D eigenvalue weighted by Gasteiger charge is -2.23. The van der Waals surface area contributed by atoms with E-state index in [9.17, 15) is 5.11 Å². The summed E-state index contributed by atoms with van der Waals surface area (Å²) in [4.78, 5) is 2.24. The molecule has 0 amide bonds. The lowest BCUT2D eigenvalue weighted by molar-refractivity contribution is 0.122. The minimum Gasteiger partial charge on any atom is -0.497 e. The molecule has 0 aliphatic rings. The van der Waals surface area contributed by atoms with Crippen LogP contribution < -0.4 is 9.47 Å². The second-order valence-corrected chi connectivity index (χ2v) is 7.49. The van der Waals surface area contributed by atoms with Gasteiger partial charge in [0.25, 0.3) is 0 Å². The fourth-order valence-electron chi connectivity index (χ4n) is 3.58. The maximum atomic E-state index is 9.97. The van der Waals surface area contributed by atoms with Crippen LogP contribution in [0, 0.1) is 0 Å². The summed E-state index contributed by atoms with van der Waals surface area (Å²) in [5, 5.41) is 14.8. The molecule has 0 bridgehead atoms. The van der Waals surface area contributed by atoms with Crippen LogP contribution in [0.15, 0.2) is 54.6 Å². The van der Waals surface area contributed by atoms with Crippen molar-refractivity contribution in [2.24, 2.45) is 7.05 Å². The number of aliphatic hydroxyl groups excluding tert-OH is 1. The van der Waals surface area contributed by atoms with E-state index in [1.807, 2.05) is 56.4 Å². The van der Waals surface area contributed by atoms with E-state index in [1.54, 1.807) is 11.8 Å². The largest absolute Gasteiger partial charge is 0.497 e. The van der Waals surface area contributed by atoms with E-state index in [1.165, 1.54) is 0 Å². The van der Waals surface area contributed by atoms with Crippen molar-refractivity contribution < 1.29 is 14.6 Å². The van der Waals surface area contributed by atoms with Crippen molar-refractivity contribution in [1.29, 1.82) is 0 Å². The van der Waals surface area contributed by atoms with Crippen molar-refractivity contribution >= 4 is 0 Å². The Morgan fingerprint density at radius 3 is 2.50 bits per heavy atom. The molecule has 2 aromatic carbocycles. The first-order valence-electron chi connectivity index (χ1n) is 10.4. The number of aliphatic hydroxyl groups is 1. The van der Waals surface area contributed by atoms with Crippen LogP contribution >= 0.6 is 0 Å². The predicted molar refractivity (Wildman–Crippen MR) is 119 cm³/mol. The monoisotopic (exact) mass is 409 g/mol. The van der Waals surface area contributed by atoms with Crippen LogP contribution in [0.2, 0.25) is 0 Å². The Balaban J connectivity index is 2.03. The van der Waals surface area contributed by atoms with Crippen LogP contribution in [-0.2, 0) is 13.6 Å². The van der Waals surface area contributed by atoms with E-state index >= 15 is 0 Å². The Hall–Kier alpha value is -2.83. The molecule has 3 aromatic rings. The van der Waals surface area contributed by atoms with Gasteiger partial charge >= 0.3 is 0 Å². The Morgan fingerprint density at radius 1 is 1.10 bits per heavy atom. The minimum absolute atomic E-state index is 0.406. The summed E-state index contributed by atoms with van der Waals surface area (Å²) < 4.78 is 13.4. The van der Waals surface area contributed by atoms with Gasteiger partial charge in [-0.3, -0.25) is 4.90 Å². The minimum atomic E-state index is -0.406. The van der Waals surface area contributed by atoms with Gasteiger partial charge in [-0.15, -0.1) is 0 Å². The molecule has 30 heavy (non-hydrogen) atoms. The lowest BCUT2D eigenvalue weighted by atomic mass is 10.1. The van der Waals surface area contributed by atoms with Gasteiger partial charge < -0.3 is 14.6 Å². The molecule has 6 nitrogen and oxygen atoms in total. The molecule has 1 unspecified atom stereocenters. The van der Waals surface area contributed by atoms with Crippen LogP contribution in [0.3, 0.4) is 0 Å². The van der Waals surface area contributed by atoms with Crippen molar-refractivity contribution in [3.63, 3.8) is 0 Å². The second kappa shape index (κ2) is 10.3. The third kappa shape index (κ3) is 5.40. The Bertz CT molecular complexity index is 938. The summed E-state index contributed by atoms with van der Waals surface area (Å²) in [6, 6.07) is 17.7. The van der Waals surface area contributed by atoms with E-state index in [0.29, 0.717) is 24.7 Å². The fraction of sp³-hybridized carbons (Fsp3) is 0.375. The van der Waals surface area contributed by atoms with E-state index < -0.39 is 6.10 Å². The third-order valence-electron chi connectivity index (χ3n) is 4.83. The Kier molecular flexibility index (Phi) is 7.49. The maximum absolute atomic E-state index is 9.97. The average molecular weight is 410 g/mol. The zero-order chi connectivity index (χ0) is 21.5. The van der Waals surface area contributed by atoms with Crippen molar-refractivity contribution in [1.82, 2.24) is 14.7 Å². The number of methoxy groups -OCH3 is 1. The summed E-state index contributed by atoms with van der Waals surface area (Å²) in [6.45, 7) is 6.07. The molecule has 0 spiro atoms. The van der Waals surface area contributed by atoms with Gasteiger partial charge in [0.1, 0.15) is 17.2 Å². The molecule has 0 saturated heterocycles. The summed E-state index contributed by atoms with van der Waals surface area (Å²) in [7, 11) is 3.53. The van der Waals surface area contributed by atoms with E-state index in [4.69, 9.17) is 14.6 Å². The summed E-state index contributed by atoms with van der Waals surface area (Å²) in [5.74, 6) is 2.12. The number of hydrogen-bond acceptors (Lipinski definition) is 5. The van der Waals surface area contributed by atoms with E-state index in [2.05, 4.69) is 24.0 Å². The quantitative estimate of drug-likeness (QED) is 0.535. The average Bonchev–Trinajstić information content (AvgIpc) is 3.04. The van der Waals surface area contributed by atoms with E-state index in [0.717, 1.165) is 35.5 Å². The molecule has 160 valence electrons. The summed E-state index contributed by atoms with van der Waals surface area (Å²) in [5.41, 5.74) is 2.93. The number of nitrogens with zero attached hydrogens (tertiary/aromatic N) is 3. The molecule has 0 aliphatic carbocycles. The van der Waals surface area contributed by atoms with Crippen molar-refractivity contribution in [2.45, 2.75) is 32.9 Å². The molecule has 0 aliphatic heterocycles. The molecule has 1 aromatic heterocycles. The molecule has 1 atom stereocenters. The Labute approximate surface area is 178 Å². The highest BCUT2D eigenvalue weighted by molar-refractivity contribution is 5.65. The highest BCUT2D eigenvalue weighted by atomic mass is 16.5. The Morgan fingerprint density at radius 2 is 1.83 bits per heavy atom. The molecule has 3 rings (SSSR count). The van der Waals surface area contributed by atoms with Crippen molar-refractivity contribution in [2.75, 3.05) is 20.2 Å². The highest BCUT2D eigenvalue weighted by Crippen LogP contribution is 2.35. The van der Waals surface area contributed by atoms with Crippen LogP contribution in [0.25, 0.3) is 11.3 Å². The predicted octanol–water partition coefficient (Wildman–Crippen LogP) is 4.48. The molecule has 0 fully saturated rings. The van der Waals surface area contributed by atoms with Gasteiger partial charge in [-0.05, 0) is 32.0 Å². The molecule has 0 saturated carbocycles. The summed E-state index contributed by atoms with van der Waals surface area (Å²) >= 11 is 0. The van der Waals surface area contributed by atoms with Gasteiger partial charge in [-0.25, -0.2) is 4.68 Å². The zero-order valence-corrected chi connectivity index (χ0v) is 18.2. The first-order chi connectivity index (χ1) is 14.5. The topological polar surface area (TPSA) is 59.8 Å². The molecular formula is C24H31N3O3. The van der Waals surface area contributed by atoms with Crippen molar-refractivity contribution in [3.05, 3.63) is 60.2 Å². The third-order valence-corrected chi connectivity index (χ3v) is 4.83. The van der Waals surface area contributed by atoms with Crippen LogP contribution in [0.4, 0.5) is 0 Å². The highest BCUT2D eigenvalue weighted by Gasteiger charge is 2.22. The van der Waals surface area contributed by atoms with Gasteiger partial charge in [-0.1, -0.05) is 43.3 Å². The first-order valence-corrected chi connectivity index (χ1v) is 10.4. The molecule has 0 radical (unpaired) electrons. The number of aromatic nitrogens is 2. The number of benzene rings is 2. The van der Waals surface area contributed by atoms with Crippen LogP contribution in [0.1, 0.15) is 25.8 Å². The molecular weight excluding hydrogens is 378 g/mol. The second-order valence-electron chi connectivity index (χ2n) is 7.49. The zero-order valence-electron chi connectivity index (χ0n) is 18.2. The molecule has 1 N–H and O–H groups in total. The number of aryl methyl sites for hydroxylation is 1. The van der Waals surface area contributed by atoms with Crippen molar-refractivity contribution in [3.8, 4) is 28.6 Å². The number of ether oxygens (including phenoxy) is 2. The molecule has 6 heteroatoms. The van der Waals surface area contributed by atoms with Gasteiger partial charge in [-0.2, -0.15) is 5.10 Å². The van der Waals surface area contributed by atoms with Gasteiger partial charge in [0.05, 0.1) is 18.8 Å². The lowest BCUT2D eigenvalue weighted by Crippen LogP contribution is -2.31. The summed E-state index contributed by atoms with van der Waals surface area (Å²) in [6.07, 6.45) is 0.593. The number of hydrogen-bond donors (Lipinski definition) is 1. The normalized spacial score (nSPS) is 12.2. The smallest absolute Gasteiger partial charge is 0.222 e. The fourth-order valence-corrected chi connectivity index (χ4v) is 3.58. The van der Waals surface area contributed by atoms with Crippen LogP contribution in [-0.4, -0.2) is 46.1 Å².